The Morgan fingerprint density at radius 2 is 2.22 bits per heavy atom. The molecule has 1 aromatic carbocycles. The monoisotopic (exact) mass is 285 g/mol. The number of hydrogen-bond acceptors (Lipinski definition) is 4. The first-order valence-electron chi connectivity index (χ1n) is 5.40. The summed E-state index contributed by atoms with van der Waals surface area (Å²) in [6.45, 7) is 0.653. The fourth-order valence-corrected chi connectivity index (χ4v) is 3.83. The van der Waals surface area contributed by atoms with E-state index in [1.54, 1.807) is 0 Å². The van der Waals surface area contributed by atoms with Crippen LogP contribution in [0.25, 0.3) is 0 Å². The molecule has 1 saturated heterocycles. The van der Waals surface area contributed by atoms with Crippen LogP contribution in [0.2, 0.25) is 5.02 Å². The zero-order chi connectivity index (χ0) is 13.3. The van der Waals surface area contributed by atoms with Gasteiger partial charge < -0.3 is 5.73 Å². The van der Waals surface area contributed by atoms with Gasteiger partial charge >= 0.3 is 0 Å². The van der Waals surface area contributed by atoms with Crippen molar-refractivity contribution in [3.63, 3.8) is 0 Å². The van der Waals surface area contributed by atoms with E-state index in [9.17, 15) is 8.42 Å². The van der Waals surface area contributed by atoms with Crippen molar-refractivity contribution in [2.45, 2.75) is 17.4 Å². The second-order valence-electron chi connectivity index (χ2n) is 4.16. The quantitative estimate of drug-likeness (QED) is 0.876. The van der Waals surface area contributed by atoms with E-state index in [0.29, 0.717) is 13.0 Å². The van der Waals surface area contributed by atoms with Crippen LogP contribution in [0, 0.1) is 11.3 Å². The van der Waals surface area contributed by atoms with E-state index in [-0.39, 0.29) is 28.1 Å². The molecule has 0 radical (unpaired) electrons. The van der Waals surface area contributed by atoms with Crippen molar-refractivity contribution in [2.75, 3.05) is 13.1 Å². The Hall–Kier alpha value is -1.13. The molecule has 0 spiro atoms. The molecule has 2 N–H and O–H groups in total. The molecular weight excluding hydrogens is 274 g/mol. The number of nitrogens with two attached hydrogens (primary N) is 1. The summed E-state index contributed by atoms with van der Waals surface area (Å²) in [5.41, 5.74) is 5.80. The van der Waals surface area contributed by atoms with E-state index in [1.165, 1.54) is 22.5 Å². The Labute approximate surface area is 111 Å². The number of nitriles is 1. The molecule has 0 aromatic heterocycles. The summed E-state index contributed by atoms with van der Waals surface area (Å²) in [5.74, 6) is 0. The lowest BCUT2D eigenvalue weighted by Crippen LogP contribution is -2.32. The normalized spacial score (nSPS) is 20.8. The summed E-state index contributed by atoms with van der Waals surface area (Å²) in [7, 11) is -3.69. The van der Waals surface area contributed by atoms with E-state index in [1.807, 2.05) is 6.07 Å². The first-order valence-corrected chi connectivity index (χ1v) is 7.22. The molecule has 0 aliphatic carbocycles. The number of halogens is 1. The van der Waals surface area contributed by atoms with E-state index in [4.69, 9.17) is 22.6 Å². The molecule has 1 atom stereocenters. The smallest absolute Gasteiger partial charge is 0.244 e. The molecular formula is C11H12ClN3O2S. The number of nitrogens with zero attached hydrogens (tertiary/aromatic N) is 2. The largest absolute Gasteiger partial charge is 0.326 e. The summed E-state index contributed by atoms with van der Waals surface area (Å²) >= 11 is 5.80. The van der Waals surface area contributed by atoms with Crippen LogP contribution in [0.5, 0.6) is 0 Å². The number of sulfonamides is 1. The van der Waals surface area contributed by atoms with E-state index >= 15 is 0 Å². The zero-order valence-electron chi connectivity index (χ0n) is 9.51. The summed E-state index contributed by atoms with van der Waals surface area (Å²) < 4.78 is 26.0. The second-order valence-corrected chi connectivity index (χ2v) is 6.51. The van der Waals surface area contributed by atoms with Crippen molar-refractivity contribution < 1.29 is 8.42 Å². The second kappa shape index (κ2) is 4.86. The fourth-order valence-electron chi connectivity index (χ4n) is 1.91. The lowest BCUT2D eigenvalue weighted by atomic mass is 10.2. The molecule has 0 saturated carbocycles. The van der Waals surface area contributed by atoms with Crippen molar-refractivity contribution in [2.24, 2.45) is 5.73 Å². The van der Waals surface area contributed by atoms with Crippen LogP contribution in [0.15, 0.2) is 23.1 Å². The van der Waals surface area contributed by atoms with Crippen molar-refractivity contribution in [1.82, 2.24) is 4.31 Å². The summed E-state index contributed by atoms with van der Waals surface area (Å²) in [6, 6.07) is 5.93. The van der Waals surface area contributed by atoms with Crippen LogP contribution in [-0.4, -0.2) is 31.9 Å². The maximum absolute atomic E-state index is 12.4. The first kappa shape index (κ1) is 13.3. The maximum atomic E-state index is 12.4. The van der Waals surface area contributed by atoms with E-state index in [2.05, 4.69) is 0 Å². The van der Waals surface area contributed by atoms with Gasteiger partial charge in [-0.05, 0) is 24.6 Å². The van der Waals surface area contributed by atoms with Gasteiger partial charge in [0, 0.05) is 24.2 Å². The van der Waals surface area contributed by atoms with Gasteiger partial charge in [-0.3, -0.25) is 0 Å². The van der Waals surface area contributed by atoms with Crippen LogP contribution >= 0.6 is 11.6 Å². The number of benzene rings is 1. The van der Waals surface area contributed by atoms with E-state index in [0.717, 1.165) is 0 Å². The third-order valence-corrected chi connectivity index (χ3v) is 5.01. The molecule has 1 aromatic rings. The van der Waals surface area contributed by atoms with E-state index < -0.39 is 10.0 Å². The Kier molecular flexibility index (Phi) is 3.59. The highest BCUT2D eigenvalue weighted by molar-refractivity contribution is 7.89. The summed E-state index contributed by atoms with van der Waals surface area (Å²) in [4.78, 5) is -0.0494. The van der Waals surface area contributed by atoms with Gasteiger partial charge in [-0.25, -0.2) is 8.42 Å². The Balaban J connectivity index is 2.48. The molecule has 5 nitrogen and oxygen atoms in total. The zero-order valence-corrected chi connectivity index (χ0v) is 11.1. The number of hydrogen-bond donors (Lipinski definition) is 1. The first-order chi connectivity index (χ1) is 8.45. The molecule has 1 heterocycles. The minimum absolute atomic E-state index is 0.0494. The highest BCUT2D eigenvalue weighted by Gasteiger charge is 2.32. The molecule has 1 aliphatic rings. The summed E-state index contributed by atoms with van der Waals surface area (Å²) in [5, 5.41) is 9.25. The third-order valence-electron chi connectivity index (χ3n) is 2.87. The molecule has 0 bridgehead atoms. The minimum atomic E-state index is -3.69. The topological polar surface area (TPSA) is 87.2 Å². The lowest BCUT2D eigenvalue weighted by molar-refractivity contribution is 0.472. The van der Waals surface area contributed by atoms with Gasteiger partial charge in [-0.2, -0.15) is 9.57 Å². The molecule has 18 heavy (non-hydrogen) atoms. The van der Waals surface area contributed by atoms with Gasteiger partial charge in [0.05, 0.1) is 5.56 Å². The molecule has 0 unspecified atom stereocenters. The van der Waals surface area contributed by atoms with Crippen LogP contribution < -0.4 is 5.73 Å². The predicted octanol–water partition coefficient (Wildman–Crippen LogP) is 0.933. The molecule has 7 heteroatoms. The SMILES string of the molecule is N#Cc1ccc(Cl)cc1S(=O)(=O)N1CC[C@@H](N)C1. The summed E-state index contributed by atoms with van der Waals surface area (Å²) in [6.07, 6.45) is 0.627. The minimum Gasteiger partial charge on any atom is -0.326 e. The number of rotatable bonds is 2. The van der Waals surface area contributed by atoms with Gasteiger partial charge in [-0.1, -0.05) is 11.6 Å². The molecule has 96 valence electrons. The van der Waals surface area contributed by atoms with Gasteiger partial charge in [0.1, 0.15) is 11.0 Å². The highest BCUT2D eigenvalue weighted by Crippen LogP contribution is 2.25. The van der Waals surface area contributed by atoms with Crippen LogP contribution in [0.3, 0.4) is 0 Å². The van der Waals surface area contributed by atoms with Gasteiger partial charge in [0.2, 0.25) is 10.0 Å². The highest BCUT2D eigenvalue weighted by atomic mass is 35.5. The molecule has 0 amide bonds. The van der Waals surface area contributed by atoms with Gasteiger partial charge in [0.15, 0.2) is 0 Å². The Bertz CT molecular complexity index is 609. The molecule has 1 fully saturated rings. The van der Waals surface area contributed by atoms with Crippen molar-refractivity contribution in [3.05, 3.63) is 28.8 Å². The average molecular weight is 286 g/mol. The Morgan fingerprint density at radius 1 is 1.50 bits per heavy atom. The van der Waals surface area contributed by atoms with Crippen LogP contribution in [0.1, 0.15) is 12.0 Å². The lowest BCUT2D eigenvalue weighted by Gasteiger charge is -2.16. The Morgan fingerprint density at radius 3 is 2.78 bits per heavy atom. The molecule has 1 aliphatic heterocycles. The van der Waals surface area contributed by atoms with Crippen LogP contribution in [0.4, 0.5) is 0 Å². The van der Waals surface area contributed by atoms with Gasteiger partial charge in [0.25, 0.3) is 0 Å². The predicted molar refractivity (Wildman–Crippen MR) is 67.5 cm³/mol. The maximum Gasteiger partial charge on any atom is 0.244 e. The molecule has 2 rings (SSSR count). The van der Waals surface area contributed by atoms with Crippen LogP contribution in [-0.2, 0) is 10.0 Å². The van der Waals surface area contributed by atoms with Crippen molar-refractivity contribution in [1.29, 1.82) is 5.26 Å². The van der Waals surface area contributed by atoms with Crippen molar-refractivity contribution in [3.8, 4) is 6.07 Å². The van der Waals surface area contributed by atoms with Gasteiger partial charge in [-0.15, -0.1) is 0 Å². The standard InChI is InChI=1S/C11H12ClN3O2S/c12-9-2-1-8(6-13)11(5-9)18(16,17)15-4-3-10(14)7-15/h1-2,5,10H,3-4,7,14H2/t10-/m1/s1. The third kappa shape index (κ3) is 2.35. The fraction of sp³-hybridized carbons (Fsp3) is 0.364. The van der Waals surface area contributed by atoms with Crippen molar-refractivity contribution >= 4 is 21.6 Å². The average Bonchev–Trinajstić information content (AvgIpc) is 2.76.